The Bertz CT molecular complexity index is 576. The van der Waals surface area contributed by atoms with Gasteiger partial charge in [0.05, 0.1) is 0 Å². The van der Waals surface area contributed by atoms with Gasteiger partial charge in [-0.05, 0) is 48.9 Å². The standard InChI is InChI=1S/C14H13FN2O/c1-9-5-11(15)8-13(6-9)17-14(18)10-3-2-4-12(16)7-10/h2-8H,16H2,1H3,(H,17,18). The van der Waals surface area contributed by atoms with Gasteiger partial charge < -0.3 is 11.1 Å². The quantitative estimate of drug-likeness (QED) is 0.798. The highest BCUT2D eigenvalue weighted by Crippen LogP contribution is 2.15. The van der Waals surface area contributed by atoms with E-state index in [1.165, 1.54) is 12.1 Å². The average molecular weight is 244 g/mol. The molecule has 2 aromatic rings. The van der Waals surface area contributed by atoms with Crippen LogP contribution in [0.25, 0.3) is 0 Å². The van der Waals surface area contributed by atoms with E-state index in [0.717, 1.165) is 5.56 Å². The van der Waals surface area contributed by atoms with Gasteiger partial charge in [0.2, 0.25) is 0 Å². The van der Waals surface area contributed by atoms with Gasteiger partial charge in [-0.1, -0.05) is 6.07 Å². The van der Waals surface area contributed by atoms with E-state index in [0.29, 0.717) is 16.9 Å². The molecule has 2 aromatic carbocycles. The van der Waals surface area contributed by atoms with Gasteiger partial charge in [0.25, 0.3) is 5.91 Å². The van der Waals surface area contributed by atoms with E-state index in [1.54, 1.807) is 37.3 Å². The third kappa shape index (κ3) is 2.85. The number of benzene rings is 2. The van der Waals surface area contributed by atoms with Crippen molar-refractivity contribution in [2.24, 2.45) is 0 Å². The lowest BCUT2D eigenvalue weighted by atomic mass is 10.1. The summed E-state index contributed by atoms with van der Waals surface area (Å²) in [7, 11) is 0. The number of halogens is 1. The number of nitrogens with one attached hydrogen (secondary N) is 1. The van der Waals surface area contributed by atoms with Crippen LogP contribution in [0.5, 0.6) is 0 Å². The molecule has 0 unspecified atom stereocenters. The molecule has 0 saturated heterocycles. The van der Waals surface area contributed by atoms with Crippen LogP contribution >= 0.6 is 0 Å². The monoisotopic (exact) mass is 244 g/mol. The summed E-state index contributed by atoms with van der Waals surface area (Å²) in [6, 6.07) is 11.0. The van der Waals surface area contributed by atoms with Gasteiger partial charge in [-0.2, -0.15) is 0 Å². The van der Waals surface area contributed by atoms with E-state index < -0.39 is 0 Å². The molecule has 0 bridgehead atoms. The minimum atomic E-state index is -0.377. The molecule has 92 valence electrons. The molecule has 0 spiro atoms. The van der Waals surface area contributed by atoms with E-state index in [1.807, 2.05) is 0 Å². The number of carbonyl (C=O) groups excluding carboxylic acids is 1. The van der Waals surface area contributed by atoms with Crippen LogP contribution in [-0.2, 0) is 0 Å². The van der Waals surface area contributed by atoms with Crippen molar-refractivity contribution in [2.75, 3.05) is 11.1 Å². The zero-order chi connectivity index (χ0) is 13.1. The maximum atomic E-state index is 13.2. The predicted octanol–water partition coefficient (Wildman–Crippen LogP) is 2.97. The summed E-state index contributed by atoms with van der Waals surface area (Å²) >= 11 is 0. The van der Waals surface area contributed by atoms with Crippen LogP contribution in [0.1, 0.15) is 15.9 Å². The molecular weight excluding hydrogens is 231 g/mol. The van der Waals surface area contributed by atoms with Crippen molar-refractivity contribution in [3.05, 3.63) is 59.4 Å². The molecule has 0 aliphatic carbocycles. The van der Waals surface area contributed by atoms with Crippen LogP contribution in [0.4, 0.5) is 15.8 Å². The lowest BCUT2D eigenvalue weighted by Gasteiger charge is -2.07. The Morgan fingerprint density at radius 2 is 2.00 bits per heavy atom. The SMILES string of the molecule is Cc1cc(F)cc(NC(=O)c2cccc(N)c2)c1. The summed E-state index contributed by atoms with van der Waals surface area (Å²) in [5, 5.41) is 2.63. The second-order valence-corrected chi connectivity index (χ2v) is 4.10. The molecule has 0 radical (unpaired) electrons. The van der Waals surface area contributed by atoms with Crippen molar-refractivity contribution in [2.45, 2.75) is 6.92 Å². The molecule has 3 nitrogen and oxygen atoms in total. The molecule has 3 N–H and O–H groups in total. The van der Waals surface area contributed by atoms with Crippen molar-refractivity contribution in [3.8, 4) is 0 Å². The highest BCUT2D eigenvalue weighted by molar-refractivity contribution is 6.04. The third-order valence-corrected chi connectivity index (χ3v) is 2.45. The van der Waals surface area contributed by atoms with Gasteiger partial charge in [-0.25, -0.2) is 4.39 Å². The smallest absolute Gasteiger partial charge is 0.255 e. The normalized spacial score (nSPS) is 10.1. The summed E-state index contributed by atoms with van der Waals surface area (Å²) in [6.45, 7) is 1.76. The number of amides is 1. The van der Waals surface area contributed by atoms with E-state index in [2.05, 4.69) is 5.32 Å². The van der Waals surface area contributed by atoms with Crippen LogP contribution < -0.4 is 11.1 Å². The first-order valence-electron chi connectivity index (χ1n) is 5.49. The average Bonchev–Trinajstić information content (AvgIpc) is 2.27. The van der Waals surface area contributed by atoms with Gasteiger partial charge in [0.1, 0.15) is 5.82 Å². The van der Waals surface area contributed by atoms with Gasteiger partial charge in [-0.3, -0.25) is 4.79 Å². The maximum Gasteiger partial charge on any atom is 0.255 e. The number of nitrogen functional groups attached to an aromatic ring is 1. The summed E-state index contributed by atoms with van der Waals surface area (Å²) < 4.78 is 13.2. The van der Waals surface area contributed by atoms with Crippen LogP contribution in [0.2, 0.25) is 0 Å². The zero-order valence-corrected chi connectivity index (χ0v) is 9.91. The number of rotatable bonds is 2. The largest absolute Gasteiger partial charge is 0.399 e. The molecule has 1 amide bonds. The Kier molecular flexibility index (Phi) is 3.28. The lowest BCUT2D eigenvalue weighted by molar-refractivity contribution is 0.102. The molecule has 4 heteroatoms. The number of nitrogens with two attached hydrogens (primary N) is 1. The van der Waals surface area contributed by atoms with Crippen LogP contribution in [-0.4, -0.2) is 5.91 Å². The fourth-order valence-corrected chi connectivity index (χ4v) is 1.69. The zero-order valence-electron chi connectivity index (χ0n) is 9.91. The Labute approximate surface area is 104 Å². The number of carbonyl (C=O) groups is 1. The molecule has 0 heterocycles. The molecule has 2 rings (SSSR count). The Morgan fingerprint density at radius 3 is 2.67 bits per heavy atom. The predicted molar refractivity (Wildman–Crippen MR) is 69.9 cm³/mol. The minimum absolute atomic E-state index is 0.313. The van der Waals surface area contributed by atoms with E-state index >= 15 is 0 Å². The Morgan fingerprint density at radius 1 is 1.22 bits per heavy atom. The molecule has 0 saturated carbocycles. The fourth-order valence-electron chi connectivity index (χ4n) is 1.69. The van der Waals surface area contributed by atoms with Crippen molar-refractivity contribution >= 4 is 17.3 Å². The van der Waals surface area contributed by atoms with E-state index in [9.17, 15) is 9.18 Å². The molecule has 0 aromatic heterocycles. The number of hydrogen-bond donors (Lipinski definition) is 2. The molecule has 0 aliphatic rings. The van der Waals surface area contributed by atoms with Crippen molar-refractivity contribution < 1.29 is 9.18 Å². The van der Waals surface area contributed by atoms with Crippen molar-refractivity contribution in [1.29, 1.82) is 0 Å². The van der Waals surface area contributed by atoms with Gasteiger partial charge >= 0.3 is 0 Å². The van der Waals surface area contributed by atoms with Gasteiger partial charge in [0.15, 0.2) is 0 Å². The van der Waals surface area contributed by atoms with Gasteiger partial charge in [0, 0.05) is 16.9 Å². The second-order valence-electron chi connectivity index (χ2n) is 4.10. The minimum Gasteiger partial charge on any atom is -0.399 e. The first-order chi connectivity index (χ1) is 8.54. The number of hydrogen-bond acceptors (Lipinski definition) is 2. The summed E-state index contributed by atoms with van der Waals surface area (Å²) in [6.07, 6.45) is 0. The van der Waals surface area contributed by atoms with Crippen LogP contribution in [0.15, 0.2) is 42.5 Å². The highest BCUT2D eigenvalue weighted by Gasteiger charge is 2.07. The molecular formula is C14H13FN2O. The molecule has 18 heavy (non-hydrogen) atoms. The summed E-state index contributed by atoms with van der Waals surface area (Å²) in [5.74, 6) is -0.690. The lowest BCUT2D eigenvalue weighted by Crippen LogP contribution is -2.12. The Balaban J connectivity index is 2.21. The number of anilines is 2. The fraction of sp³-hybridized carbons (Fsp3) is 0.0714. The number of aryl methyl sites for hydroxylation is 1. The van der Waals surface area contributed by atoms with Gasteiger partial charge in [-0.15, -0.1) is 0 Å². The van der Waals surface area contributed by atoms with Crippen molar-refractivity contribution in [3.63, 3.8) is 0 Å². The first kappa shape index (κ1) is 12.1. The van der Waals surface area contributed by atoms with Crippen LogP contribution in [0.3, 0.4) is 0 Å². The van der Waals surface area contributed by atoms with E-state index in [-0.39, 0.29) is 11.7 Å². The van der Waals surface area contributed by atoms with Crippen molar-refractivity contribution in [1.82, 2.24) is 0 Å². The molecule has 0 aliphatic heterocycles. The Hall–Kier alpha value is -2.36. The first-order valence-corrected chi connectivity index (χ1v) is 5.49. The topological polar surface area (TPSA) is 55.1 Å². The highest BCUT2D eigenvalue weighted by atomic mass is 19.1. The third-order valence-electron chi connectivity index (χ3n) is 2.45. The maximum absolute atomic E-state index is 13.2. The summed E-state index contributed by atoms with van der Waals surface area (Å²) in [5.41, 5.74) is 7.73. The van der Waals surface area contributed by atoms with E-state index in [4.69, 9.17) is 5.73 Å². The summed E-state index contributed by atoms with van der Waals surface area (Å²) in [4.78, 5) is 11.9. The molecule has 0 fully saturated rings. The molecule has 0 atom stereocenters. The second kappa shape index (κ2) is 4.87. The van der Waals surface area contributed by atoms with Crippen LogP contribution in [0, 0.1) is 12.7 Å².